The Balaban J connectivity index is 1.52. The number of thiophene rings is 1. The lowest BCUT2D eigenvalue weighted by Gasteiger charge is -2.36. The van der Waals surface area contributed by atoms with Gasteiger partial charge in [-0.05, 0) is 67.0 Å². The first kappa shape index (κ1) is 26.7. The Kier molecular flexibility index (Phi) is 6.64. The molecule has 0 spiro atoms. The van der Waals surface area contributed by atoms with E-state index < -0.39 is 14.3 Å². The van der Waals surface area contributed by atoms with E-state index in [1.807, 2.05) is 43.3 Å². The Hall–Kier alpha value is -3.89. The number of aryl methyl sites for hydroxylation is 1. The molecule has 3 heterocycles. The van der Waals surface area contributed by atoms with Gasteiger partial charge < -0.3 is 19.2 Å². The van der Waals surface area contributed by atoms with Gasteiger partial charge in [0.15, 0.2) is 5.75 Å². The number of hydrogen-bond acceptors (Lipinski definition) is 7. The van der Waals surface area contributed by atoms with Crippen molar-refractivity contribution < 1.29 is 23.5 Å². The number of carbonyl (C=O) groups is 2. The molecule has 39 heavy (non-hydrogen) atoms. The maximum Gasteiger partial charge on any atom is 0.350 e. The number of nitrogens with zero attached hydrogens (tertiary/aromatic N) is 2. The third-order valence-corrected chi connectivity index (χ3v) is 12.7. The fourth-order valence-electron chi connectivity index (χ4n) is 4.17. The molecule has 0 saturated heterocycles. The normalized spacial score (nSPS) is 13.3. The van der Waals surface area contributed by atoms with Crippen LogP contribution in [0.4, 0.5) is 21.9 Å². The minimum atomic E-state index is -2.08. The van der Waals surface area contributed by atoms with Gasteiger partial charge >= 0.3 is 12.0 Å². The number of urea groups is 1. The van der Waals surface area contributed by atoms with Gasteiger partial charge in [-0.2, -0.15) is 0 Å². The van der Waals surface area contributed by atoms with Crippen molar-refractivity contribution in [1.29, 1.82) is 0 Å². The van der Waals surface area contributed by atoms with Crippen LogP contribution >= 0.6 is 11.3 Å². The smallest absolute Gasteiger partial charge is 0.350 e. The summed E-state index contributed by atoms with van der Waals surface area (Å²) < 4.78 is 17.9. The van der Waals surface area contributed by atoms with Gasteiger partial charge in [-0.15, -0.1) is 11.3 Å². The summed E-state index contributed by atoms with van der Waals surface area (Å²) in [6.45, 7) is 12.9. The quantitative estimate of drug-likeness (QED) is 0.188. The summed E-state index contributed by atoms with van der Waals surface area (Å²) in [4.78, 5) is 32.9. The summed E-state index contributed by atoms with van der Waals surface area (Å²) in [6.07, 6.45) is 1.61. The van der Waals surface area contributed by atoms with E-state index in [-0.39, 0.29) is 11.1 Å². The minimum absolute atomic E-state index is 0.0393. The second kappa shape index (κ2) is 9.69. The number of para-hydroxylation sites is 2. The van der Waals surface area contributed by atoms with Crippen LogP contribution in [0.5, 0.6) is 17.2 Å². The first-order valence-electron chi connectivity index (χ1n) is 12.6. The maximum atomic E-state index is 13.3. The number of carbonyl (C=O) groups excluding carboxylic acids is 2. The summed E-state index contributed by atoms with van der Waals surface area (Å²) in [5.74, 6) is 1.41. The number of anilines is 3. The molecule has 8 nitrogen and oxygen atoms in total. The van der Waals surface area contributed by atoms with E-state index in [1.54, 1.807) is 18.3 Å². The fraction of sp³-hybridized carbons (Fsp3) is 0.276. The number of ether oxygens (including phenoxy) is 2. The molecule has 10 heteroatoms. The predicted molar refractivity (Wildman–Crippen MR) is 158 cm³/mol. The molecule has 202 valence electrons. The van der Waals surface area contributed by atoms with Crippen molar-refractivity contribution in [1.82, 2.24) is 4.98 Å². The second-order valence-corrected chi connectivity index (χ2v) is 16.7. The molecule has 2 aromatic carbocycles. The molecule has 1 N–H and O–H groups in total. The van der Waals surface area contributed by atoms with Crippen molar-refractivity contribution in [2.75, 3.05) is 17.3 Å². The summed E-state index contributed by atoms with van der Waals surface area (Å²) in [5, 5.41) is 3.67. The van der Waals surface area contributed by atoms with Gasteiger partial charge in [0, 0.05) is 6.20 Å². The molecule has 1 aliphatic heterocycles. The lowest BCUT2D eigenvalue weighted by atomic mass is 10.1. The van der Waals surface area contributed by atoms with Crippen molar-refractivity contribution in [2.45, 2.75) is 45.8 Å². The zero-order valence-electron chi connectivity index (χ0n) is 23.0. The van der Waals surface area contributed by atoms with Gasteiger partial charge in [-0.3, -0.25) is 4.90 Å². The van der Waals surface area contributed by atoms with Crippen LogP contribution in [0, 0.1) is 6.92 Å². The molecular weight excluding hydrogens is 530 g/mol. The van der Waals surface area contributed by atoms with Crippen LogP contribution in [0.25, 0.3) is 10.2 Å². The number of hydrogen-bond donors (Lipinski definition) is 1. The standard InChI is InChI=1S/C29H31N3O5SSi/c1-17-16-18(36-21-10-8-9-11-22(21)37-39(6,7)29(2,3)4)12-13-20(17)32-24-23-19(31-28(32)34)14-15-30-26(23)38-25(24)27(33)35-5/h8-16H,1-7H3,(H,31,34). The second-order valence-electron chi connectivity index (χ2n) is 10.9. The molecule has 0 atom stereocenters. The van der Waals surface area contributed by atoms with Crippen molar-refractivity contribution >= 4 is 58.9 Å². The highest BCUT2D eigenvalue weighted by atomic mass is 32.1. The third-order valence-electron chi connectivity index (χ3n) is 7.26. The number of amides is 2. The number of rotatable bonds is 6. The van der Waals surface area contributed by atoms with Gasteiger partial charge in [0.05, 0.1) is 29.6 Å². The lowest BCUT2D eigenvalue weighted by molar-refractivity contribution is 0.0607. The van der Waals surface area contributed by atoms with E-state index in [0.717, 1.165) is 5.56 Å². The van der Waals surface area contributed by atoms with Crippen LogP contribution in [-0.2, 0) is 4.74 Å². The number of pyridine rings is 1. The van der Waals surface area contributed by atoms with E-state index in [9.17, 15) is 9.59 Å². The summed E-state index contributed by atoms with van der Waals surface area (Å²) in [5.41, 5.74) is 2.48. The van der Waals surface area contributed by atoms with Crippen LogP contribution in [-0.4, -0.2) is 32.4 Å². The zero-order valence-corrected chi connectivity index (χ0v) is 24.9. The number of aromatic nitrogens is 1. The maximum absolute atomic E-state index is 13.3. The highest BCUT2D eigenvalue weighted by molar-refractivity contribution is 7.21. The van der Waals surface area contributed by atoms with Gasteiger partial charge in [0.2, 0.25) is 0 Å². The van der Waals surface area contributed by atoms with Crippen LogP contribution in [0.15, 0.2) is 54.7 Å². The molecule has 0 bridgehead atoms. The van der Waals surface area contributed by atoms with Crippen molar-refractivity contribution in [2.24, 2.45) is 0 Å². The molecule has 0 fully saturated rings. The van der Waals surface area contributed by atoms with E-state index in [4.69, 9.17) is 13.9 Å². The average Bonchev–Trinajstić information content (AvgIpc) is 3.26. The zero-order chi connectivity index (χ0) is 28.1. The Labute approximate surface area is 232 Å². The van der Waals surface area contributed by atoms with Gasteiger partial charge in [-0.1, -0.05) is 32.9 Å². The molecular formula is C29H31N3O5SSi. The molecule has 2 amide bonds. The number of nitrogens with one attached hydrogen (secondary N) is 1. The molecule has 0 aliphatic carbocycles. The first-order chi connectivity index (χ1) is 18.4. The Bertz CT molecular complexity index is 1610. The van der Waals surface area contributed by atoms with Gasteiger partial charge in [0.1, 0.15) is 21.2 Å². The monoisotopic (exact) mass is 561 g/mol. The third kappa shape index (κ3) is 4.74. The van der Waals surface area contributed by atoms with Crippen LogP contribution in [0.2, 0.25) is 18.1 Å². The Morgan fingerprint density at radius 2 is 1.79 bits per heavy atom. The van der Waals surface area contributed by atoms with Crippen molar-refractivity contribution in [3.8, 4) is 17.2 Å². The van der Waals surface area contributed by atoms with E-state index in [1.165, 1.54) is 23.3 Å². The van der Waals surface area contributed by atoms with Crippen LogP contribution in [0.1, 0.15) is 36.0 Å². The van der Waals surface area contributed by atoms with Crippen LogP contribution in [0.3, 0.4) is 0 Å². The fourth-order valence-corrected chi connectivity index (χ4v) is 6.27. The van der Waals surface area contributed by atoms with E-state index in [2.05, 4.69) is 44.2 Å². The first-order valence-corrected chi connectivity index (χ1v) is 16.3. The van der Waals surface area contributed by atoms with E-state index >= 15 is 0 Å². The minimum Gasteiger partial charge on any atom is -0.541 e. The van der Waals surface area contributed by atoms with Crippen molar-refractivity contribution in [3.05, 3.63) is 65.2 Å². The molecule has 0 unspecified atom stereocenters. The summed E-state index contributed by atoms with van der Waals surface area (Å²) >= 11 is 1.20. The number of esters is 1. The molecule has 5 rings (SSSR count). The molecule has 2 aromatic heterocycles. The SMILES string of the molecule is COC(=O)c1sc2nccc3c2c1N(c1ccc(Oc2ccccc2O[Si](C)(C)C(C)(C)C)cc1C)C(=O)N3. The molecule has 4 aromatic rings. The largest absolute Gasteiger partial charge is 0.541 e. The van der Waals surface area contributed by atoms with Crippen LogP contribution < -0.4 is 19.4 Å². The predicted octanol–water partition coefficient (Wildman–Crippen LogP) is 8.25. The number of methoxy groups -OCH3 is 1. The van der Waals surface area contributed by atoms with Gasteiger partial charge in [0.25, 0.3) is 8.32 Å². The van der Waals surface area contributed by atoms with E-state index in [0.29, 0.717) is 49.4 Å². The highest BCUT2D eigenvalue weighted by Crippen LogP contribution is 2.48. The summed E-state index contributed by atoms with van der Waals surface area (Å²) in [7, 11) is -0.756. The Morgan fingerprint density at radius 1 is 1.08 bits per heavy atom. The molecule has 0 saturated carbocycles. The Morgan fingerprint density at radius 3 is 2.46 bits per heavy atom. The molecule has 1 aliphatic rings. The highest BCUT2D eigenvalue weighted by Gasteiger charge is 2.39. The van der Waals surface area contributed by atoms with Crippen molar-refractivity contribution in [3.63, 3.8) is 0 Å². The summed E-state index contributed by atoms with van der Waals surface area (Å²) in [6, 6.07) is 14.5. The lowest BCUT2D eigenvalue weighted by Crippen LogP contribution is -2.43. The topological polar surface area (TPSA) is 90.0 Å². The molecule has 0 radical (unpaired) electrons. The average molecular weight is 562 g/mol. The number of benzene rings is 2. The van der Waals surface area contributed by atoms with Gasteiger partial charge in [-0.25, -0.2) is 14.6 Å².